The van der Waals surface area contributed by atoms with Crippen LogP contribution in [0.15, 0.2) is 85.1 Å². The van der Waals surface area contributed by atoms with E-state index in [0.717, 1.165) is 83.5 Å². The van der Waals surface area contributed by atoms with Crippen LogP contribution in [0.4, 0.5) is 0 Å². The zero-order chi connectivity index (χ0) is 56.4. The number of allylic oxidation sites excluding steroid dienone is 13. The molecule has 0 saturated carbocycles. The van der Waals surface area contributed by atoms with Gasteiger partial charge >= 0.3 is 17.9 Å². The number of hydrogen-bond donors (Lipinski definition) is 0. The molecule has 0 N–H and O–H groups in total. The molecule has 0 aromatic heterocycles. The first-order valence-electron chi connectivity index (χ1n) is 33.6. The van der Waals surface area contributed by atoms with Gasteiger partial charge in [-0.25, -0.2) is 0 Å². The van der Waals surface area contributed by atoms with Gasteiger partial charge in [-0.05, 0) is 77.0 Å². The fourth-order valence-electron chi connectivity index (χ4n) is 9.67. The Bertz CT molecular complexity index is 1480. The molecule has 1 atom stereocenters. The molecule has 0 aliphatic rings. The van der Waals surface area contributed by atoms with E-state index in [-0.39, 0.29) is 31.6 Å². The molecule has 78 heavy (non-hydrogen) atoms. The third kappa shape index (κ3) is 63.4. The monoisotopic (exact) mass is 1090 g/mol. The second-order valence-electron chi connectivity index (χ2n) is 22.4. The minimum atomic E-state index is -0.821. The van der Waals surface area contributed by atoms with E-state index in [4.69, 9.17) is 14.2 Å². The molecular formula is C72H126O6. The van der Waals surface area contributed by atoms with Gasteiger partial charge in [0.2, 0.25) is 0 Å². The predicted octanol–water partition coefficient (Wildman–Crippen LogP) is 23.1. The Morgan fingerprint density at radius 3 is 0.910 bits per heavy atom. The second-order valence-corrected chi connectivity index (χ2v) is 22.4. The zero-order valence-corrected chi connectivity index (χ0v) is 51.7. The Hall–Kier alpha value is -3.41. The van der Waals surface area contributed by atoms with E-state index in [1.165, 1.54) is 212 Å². The highest BCUT2D eigenvalue weighted by atomic mass is 16.6. The molecule has 0 bridgehead atoms. The van der Waals surface area contributed by atoms with E-state index < -0.39 is 12.1 Å². The van der Waals surface area contributed by atoms with Crippen LogP contribution in [0.3, 0.4) is 0 Å². The van der Waals surface area contributed by atoms with Crippen molar-refractivity contribution in [2.75, 3.05) is 13.2 Å². The number of hydrogen-bond acceptors (Lipinski definition) is 6. The summed E-state index contributed by atoms with van der Waals surface area (Å²) in [4.78, 5) is 38.3. The molecule has 0 spiro atoms. The Balaban J connectivity index is 4.32. The van der Waals surface area contributed by atoms with Crippen molar-refractivity contribution in [1.29, 1.82) is 0 Å². The first-order chi connectivity index (χ1) is 38.5. The lowest BCUT2D eigenvalue weighted by Gasteiger charge is -2.18. The van der Waals surface area contributed by atoms with E-state index in [1.807, 2.05) is 6.08 Å². The molecule has 0 saturated heterocycles. The Labute approximate surface area is 484 Å². The summed E-state index contributed by atoms with van der Waals surface area (Å²) < 4.78 is 16.8. The van der Waals surface area contributed by atoms with Crippen LogP contribution in [0, 0.1) is 0 Å². The summed E-state index contributed by atoms with van der Waals surface area (Å²) in [5.74, 6) is -1.03. The van der Waals surface area contributed by atoms with Gasteiger partial charge < -0.3 is 14.2 Å². The van der Waals surface area contributed by atoms with Gasteiger partial charge in [0.15, 0.2) is 6.10 Å². The number of unbranched alkanes of at least 4 members (excludes halogenated alkanes) is 37. The van der Waals surface area contributed by atoms with Crippen LogP contribution in [0.2, 0.25) is 0 Å². The molecule has 6 nitrogen and oxygen atoms in total. The first-order valence-corrected chi connectivity index (χ1v) is 33.6. The van der Waals surface area contributed by atoms with Crippen molar-refractivity contribution in [1.82, 2.24) is 0 Å². The maximum atomic E-state index is 12.9. The molecule has 0 aliphatic heterocycles. The molecule has 0 heterocycles. The molecule has 0 aromatic rings. The Morgan fingerprint density at radius 2 is 0.551 bits per heavy atom. The molecule has 0 amide bonds. The minimum absolute atomic E-state index is 0.107. The van der Waals surface area contributed by atoms with Gasteiger partial charge in [0.25, 0.3) is 0 Å². The Morgan fingerprint density at radius 1 is 0.282 bits per heavy atom. The maximum absolute atomic E-state index is 12.9. The van der Waals surface area contributed by atoms with E-state index in [1.54, 1.807) is 6.08 Å². The normalized spacial score (nSPS) is 12.6. The topological polar surface area (TPSA) is 78.9 Å². The summed E-state index contributed by atoms with van der Waals surface area (Å²) in [6.07, 6.45) is 87.8. The highest BCUT2D eigenvalue weighted by Crippen LogP contribution is 2.18. The van der Waals surface area contributed by atoms with Crippen molar-refractivity contribution in [2.24, 2.45) is 0 Å². The lowest BCUT2D eigenvalue weighted by atomic mass is 10.0. The predicted molar refractivity (Wildman–Crippen MR) is 339 cm³/mol. The van der Waals surface area contributed by atoms with Gasteiger partial charge in [-0.2, -0.15) is 0 Å². The molecule has 0 radical (unpaired) electrons. The van der Waals surface area contributed by atoms with E-state index in [9.17, 15) is 14.4 Å². The average Bonchev–Trinajstić information content (AvgIpc) is 3.44. The SMILES string of the molecule is CC/C=C\C/C=C\C/C=C\C/C=C\C/C=C\CC(=O)OCC(COC(=O)CCCCCCCCCCCCCCCCCCCCCCCCCCCCC)OC(=O)CCCCCCCCC/C=C\C/C=C\CCCCCC. The third-order valence-corrected chi connectivity index (χ3v) is 14.7. The summed E-state index contributed by atoms with van der Waals surface area (Å²) >= 11 is 0. The van der Waals surface area contributed by atoms with Crippen molar-refractivity contribution in [3.63, 3.8) is 0 Å². The summed E-state index contributed by atoms with van der Waals surface area (Å²) in [5, 5.41) is 0. The van der Waals surface area contributed by atoms with Crippen molar-refractivity contribution in [3.8, 4) is 0 Å². The van der Waals surface area contributed by atoms with E-state index in [0.29, 0.717) is 12.8 Å². The summed E-state index contributed by atoms with van der Waals surface area (Å²) in [5.41, 5.74) is 0. The molecule has 0 aliphatic carbocycles. The summed E-state index contributed by atoms with van der Waals surface area (Å²) in [6.45, 7) is 6.46. The molecular weight excluding hydrogens is 961 g/mol. The highest BCUT2D eigenvalue weighted by molar-refractivity contribution is 5.72. The van der Waals surface area contributed by atoms with Gasteiger partial charge in [-0.1, -0.05) is 324 Å². The lowest BCUT2D eigenvalue weighted by Crippen LogP contribution is -2.30. The van der Waals surface area contributed by atoms with Gasteiger partial charge in [0, 0.05) is 12.8 Å². The Kier molecular flexibility index (Phi) is 63.2. The van der Waals surface area contributed by atoms with Gasteiger partial charge in [-0.3, -0.25) is 14.4 Å². The molecule has 6 heteroatoms. The fraction of sp³-hybridized carbons (Fsp3) is 0.764. The van der Waals surface area contributed by atoms with Crippen molar-refractivity contribution in [2.45, 2.75) is 341 Å². The summed E-state index contributed by atoms with van der Waals surface area (Å²) in [7, 11) is 0. The van der Waals surface area contributed by atoms with Crippen LogP contribution in [0.1, 0.15) is 335 Å². The number of carbonyl (C=O) groups is 3. The minimum Gasteiger partial charge on any atom is -0.462 e. The highest BCUT2D eigenvalue weighted by Gasteiger charge is 2.19. The molecule has 0 rings (SSSR count). The van der Waals surface area contributed by atoms with Crippen molar-refractivity contribution in [3.05, 3.63) is 85.1 Å². The smallest absolute Gasteiger partial charge is 0.309 e. The molecule has 0 aromatic carbocycles. The van der Waals surface area contributed by atoms with Crippen LogP contribution in [-0.2, 0) is 28.6 Å². The van der Waals surface area contributed by atoms with Gasteiger partial charge in [0.1, 0.15) is 13.2 Å². The van der Waals surface area contributed by atoms with Crippen LogP contribution in [0.25, 0.3) is 0 Å². The lowest BCUT2D eigenvalue weighted by molar-refractivity contribution is -0.166. The third-order valence-electron chi connectivity index (χ3n) is 14.7. The quantitative estimate of drug-likeness (QED) is 0.0261. The number of carbonyl (C=O) groups excluding carboxylic acids is 3. The number of rotatable bonds is 61. The number of esters is 3. The van der Waals surface area contributed by atoms with Crippen LogP contribution in [0.5, 0.6) is 0 Å². The standard InChI is InChI=1S/C72H126O6/c1-4-7-10-13-16-19-22-25-28-30-32-33-34-35-36-37-38-39-40-42-44-47-50-53-56-59-62-65-71(74)77-68-69(67-76-70(73)64-61-58-55-52-49-46-43-27-24-21-18-15-12-9-6-3)78-72(75)66-63-60-57-54-51-48-45-41-31-29-26-23-20-17-14-11-8-5-2/h9,12,18,20-21,23,27,29,31,43,49,52,58,61,69H,4-8,10-11,13-17,19,22,24-26,28,30,32-42,44-48,50-51,53-57,59-60,62-68H2,1-3H3/b12-9-,21-18-,23-20-,31-29-,43-27-,52-49-,61-58-. The van der Waals surface area contributed by atoms with Crippen LogP contribution < -0.4 is 0 Å². The second kappa shape index (κ2) is 66.1. The summed E-state index contributed by atoms with van der Waals surface area (Å²) in [6, 6.07) is 0. The molecule has 1 unspecified atom stereocenters. The van der Waals surface area contributed by atoms with Crippen molar-refractivity contribution >= 4 is 17.9 Å². The fourth-order valence-corrected chi connectivity index (χ4v) is 9.67. The van der Waals surface area contributed by atoms with Crippen molar-refractivity contribution < 1.29 is 28.6 Å². The average molecular weight is 1090 g/mol. The van der Waals surface area contributed by atoms with E-state index >= 15 is 0 Å². The zero-order valence-electron chi connectivity index (χ0n) is 51.7. The van der Waals surface area contributed by atoms with Gasteiger partial charge in [0.05, 0.1) is 6.42 Å². The largest absolute Gasteiger partial charge is 0.462 e. The van der Waals surface area contributed by atoms with Crippen LogP contribution >= 0.6 is 0 Å². The van der Waals surface area contributed by atoms with Gasteiger partial charge in [-0.15, -0.1) is 0 Å². The first kappa shape index (κ1) is 74.6. The van der Waals surface area contributed by atoms with Crippen LogP contribution in [-0.4, -0.2) is 37.2 Å². The van der Waals surface area contributed by atoms with E-state index in [2.05, 4.69) is 93.7 Å². The maximum Gasteiger partial charge on any atom is 0.309 e. The number of ether oxygens (including phenoxy) is 3. The molecule has 0 fully saturated rings. The molecule has 450 valence electrons.